The summed E-state index contributed by atoms with van der Waals surface area (Å²) in [5.74, 6) is -0.923. The van der Waals surface area contributed by atoms with Crippen LogP contribution in [0.25, 0.3) is 0 Å². The van der Waals surface area contributed by atoms with Crippen LogP contribution >= 0.6 is 0 Å². The zero-order valence-corrected chi connectivity index (χ0v) is 9.63. The first-order chi connectivity index (χ1) is 8.16. The van der Waals surface area contributed by atoms with Crippen LogP contribution in [0.15, 0.2) is 36.5 Å². The molecule has 17 heavy (non-hydrogen) atoms. The van der Waals surface area contributed by atoms with Crippen molar-refractivity contribution in [3.8, 4) is 0 Å². The quantitative estimate of drug-likeness (QED) is 0.875. The van der Waals surface area contributed by atoms with E-state index in [0.717, 1.165) is 6.42 Å². The molecule has 1 heterocycles. The van der Waals surface area contributed by atoms with Crippen LogP contribution in [0.5, 0.6) is 0 Å². The highest BCUT2D eigenvalue weighted by atomic mass is 16.4. The van der Waals surface area contributed by atoms with Crippen molar-refractivity contribution in [2.75, 3.05) is 0 Å². The molecule has 0 aliphatic carbocycles. The molecule has 1 aromatic heterocycles. The monoisotopic (exact) mass is 230 g/mol. The van der Waals surface area contributed by atoms with Gasteiger partial charge < -0.3 is 5.11 Å². The van der Waals surface area contributed by atoms with Gasteiger partial charge in [0.2, 0.25) is 0 Å². The molecule has 0 aliphatic heterocycles. The molecule has 0 saturated carbocycles. The summed E-state index contributed by atoms with van der Waals surface area (Å²) in [6.45, 7) is 2.40. The largest absolute Gasteiger partial charge is 0.478 e. The van der Waals surface area contributed by atoms with Gasteiger partial charge in [0, 0.05) is 12.7 Å². The second kappa shape index (κ2) is 4.82. The van der Waals surface area contributed by atoms with Crippen LogP contribution in [-0.4, -0.2) is 20.9 Å². The van der Waals surface area contributed by atoms with E-state index >= 15 is 0 Å². The van der Waals surface area contributed by atoms with Gasteiger partial charge in [-0.2, -0.15) is 5.10 Å². The first-order valence-electron chi connectivity index (χ1n) is 5.48. The summed E-state index contributed by atoms with van der Waals surface area (Å²) in [7, 11) is 0. The molecule has 0 bridgehead atoms. The van der Waals surface area contributed by atoms with Crippen molar-refractivity contribution in [1.29, 1.82) is 0 Å². The Morgan fingerprint density at radius 1 is 1.35 bits per heavy atom. The zero-order valence-electron chi connectivity index (χ0n) is 9.63. The lowest BCUT2D eigenvalue weighted by molar-refractivity contribution is 0.0696. The third kappa shape index (κ3) is 2.72. The number of hydrogen-bond donors (Lipinski definition) is 1. The van der Waals surface area contributed by atoms with Crippen molar-refractivity contribution in [3.63, 3.8) is 0 Å². The normalized spacial score (nSPS) is 10.4. The minimum Gasteiger partial charge on any atom is -0.478 e. The number of carboxylic acid groups (broad SMARTS) is 1. The maximum atomic E-state index is 10.9. The number of aromatic carboxylic acids is 1. The average Bonchev–Trinajstić information content (AvgIpc) is 2.69. The number of aryl methyl sites for hydroxylation is 3. The third-order valence-corrected chi connectivity index (χ3v) is 2.65. The van der Waals surface area contributed by atoms with Gasteiger partial charge >= 0.3 is 5.97 Å². The molecule has 2 rings (SSSR count). The van der Waals surface area contributed by atoms with Gasteiger partial charge in [0.1, 0.15) is 5.56 Å². The van der Waals surface area contributed by atoms with Crippen LogP contribution in [0.1, 0.15) is 21.6 Å². The highest BCUT2D eigenvalue weighted by Crippen LogP contribution is 2.07. The topological polar surface area (TPSA) is 55.1 Å². The minimum atomic E-state index is -0.923. The van der Waals surface area contributed by atoms with Crippen LogP contribution in [-0.2, 0) is 13.0 Å². The Hall–Kier alpha value is -2.10. The molecule has 0 fully saturated rings. The number of benzene rings is 1. The predicted octanol–water partition coefficient (Wildman–Crippen LogP) is 2.13. The van der Waals surface area contributed by atoms with Crippen molar-refractivity contribution in [1.82, 2.24) is 9.78 Å². The molecule has 88 valence electrons. The minimum absolute atomic E-state index is 0.276. The summed E-state index contributed by atoms with van der Waals surface area (Å²) in [4.78, 5) is 10.9. The van der Waals surface area contributed by atoms with E-state index in [2.05, 4.69) is 17.2 Å². The molecule has 0 amide bonds. The molecule has 0 unspecified atom stereocenters. The number of aromatic nitrogens is 2. The van der Waals surface area contributed by atoms with Gasteiger partial charge in [0.05, 0.1) is 5.69 Å². The molecule has 4 nitrogen and oxygen atoms in total. The van der Waals surface area contributed by atoms with Crippen molar-refractivity contribution in [2.45, 2.75) is 19.9 Å². The molecule has 0 aliphatic rings. The third-order valence-electron chi connectivity index (χ3n) is 2.65. The molecule has 1 N–H and O–H groups in total. The Morgan fingerprint density at radius 2 is 2.06 bits per heavy atom. The molecular weight excluding hydrogens is 216 g/mol. The summed E-state index contributed by atoms with van der Waals surface area (Å²) < 4.78 is 1.69. The average molecular weight is 230 g/mol. The van der Waals surface area contributed by atoms with Gasteiger partial charge in [-0.25, -0.2) is 4.79 Å². The van der Waals surface area contributed by atoms with Gasteiger partial charge in [-0.05, 0) is 18.9 Å². The Balaban J connectivity index is 2.05. The maximum Gasteiger partial charge on any atom is 0.339 e. The first kappa shape index (κ1) is 11.4. The lowest BCUT2D eigenvalue weighted by Crippen LogP contribution is -2.02. The van der Waals surface area contributed by atoms with Crippen molar-refractivity contribution >= 4 is 5.97 Å². The van der Waals surface area contributed by atoms with Crippen LogP contribution in [0.4, 0.5) is 0 Å². The van der Waals surface area contributed by atoms with Gasteiger partial charge in [-0.1, -0.05) is 30.3 Å². The fourth-order valence-corrected chi connectivity index (χ4v) is 1.73. The van der Waals surface area contributed by atoms with E-state index in [1.54, 1.807) is 17.8 Å². The summed E-state index contributed by atoms with van der Waals surface area (Å²) in [6.07, 6.45) is 2.43. The van der Waals surface area contributed by atoms with Crippen LogP contribution in [0.2, 0.25) is 0 Å². The molecular formula is C13H14N2O2. The van der Waals surface area contributed by atoms with E-state index in [0.29, 0.717) is 12.2 Å². The highest BCUT2D eigenvalue weighted by molar-refractivity contribution is 5.88. The van der Waals surface area contributed by atoms with Gasteiger partial charge in [0.15, 0.2) is 0 Å². The Kier molecular flexibility index (Phi) is 3.23. The molecule has 0 atom stereocenters. The molecule has 1 aromatic carbocycles. The van der Waals surface area contributed by atoms with E-state index in [-0.39, 0.29) is 5.56 Å². The van der Waals surface area contributed by atoms with Crippen molar-refractivity contribution in [2.24, 2.45) is 0 Å². The number of nitrogens with zero attached hydrogens (tertiary/aromatic N) is 2. The van der Waals surface area contributed by atoms with Crippen LogP contribution in [0, 0.1) is 6.92 Å². The van der Waals surface area contributed by atoms with E-state index in [1.165, 1.54) is 5.56 Å². The molecule has 0 spiro atoms. The SMILES string of the molecule is Cc1nn(CCc2ccccc2)cc1C(=O)O. The molecule has 4 heteroatoms. The number of carbonyl (C=O) groups is 1. The molecule has 0 radical (unpaired) electrons. The van der Waals surface area contributed by atoms with Gasteiger partial charge in [0.25, 0.3) is 0 Å². The summed E-state index contributed by atoms with van der Waals surface area (Å²) >= 11 is 0. The van der Waals surface area contributed by atoms with E-state index in [4.69, 9.17) is 5.11 Å². The van der Waals surface area contributed by atoms with Gasteiger partial charge in [-0.15, -0.1) is 0 Å². The smallest absolute Gasteiger partial charge is 0.339 e. The fourth-order valence-electron chi connectivity index (χ4n) is 1.73. The van der Waals surface area contributed by atoms with E-state index < -0.39 is 5.97 Å². The van der Waals surface area contributed by atoms with Crippen LogP contribution < -0.4 is 0 Å². The summed E-state index contributed by atoms with van der Waals surface area (Å²) in [6, 6.07) is 10.1. The Bertz CT molecular complexity index is 517. The Morgan fingerprint density at radius 3 is 2.65 bits per heavy atom. The van der Waals surface area contributed by atoms with Crippen molar-refractivity contribution < 1.29 is 9.90 Å². The molecule has 2 aromatic rings. The number of rotatable bonds is 4. The van der Waals surface area contributed by atoms with E-state index in [9.17, 15) is 4.79 Å². The standard InChI is InChI=1S/C13H14N2O2/c1-10-12(13(16)17)9-15(14-10)8-7-11-5-3-2-4-6-11/h2-6,9H,7-8H2,1H3,(H,16,17). The number of carboxylic acids is 1. The fraction of sp³-hybridized carbons (Fsp3) is 0.231. The summed E-state index contributed by atoms with van der Waals surface area (Å²) in [5, 5.41) is 13.1. The van der Waals surface area contributed by atoms with E-state index in [1.807, 2.05) is 18.2 Å². The lowest BCUT2D eigenvalue weighted by Gasteiger charge is -2.01. The second-order valence-corrected chi connectivity index (χ2v) is 3.93. The molecule has 0 saturated heterocycles. The second-order valence-electron chi connectivity index (χ2n) is 3.93. The summed E-state index contributed by atoms with van der Waals surface area (Å²) in [5.41, 5.74) is 2.06. The predicted molar refractivity (Wildman–Crippen MR) is 64.1 cm³/mol. The maximum absolute atomic E-state index is 10.9. The Labute approximate surface area is 99.5 Å². The number of hydrogen-bond acceptors (Lipinski definition) is 2. The zero-order chi connectivity index (χ0) is 12.3. The van der Waals surface area contributed by atoms with Crippen molar-refractivity contribution in [3.05, 3.63) is 53.3 Å². The highest BCUT2D eigenvalue weighted by Gasteiger charge is 2.11. The lowest BCUT2D eigenvalue weighted by atomic mass is 10.1. The first-order valence-corrected chi connectivity index (χ1v) is 5.48. The van der Waals surface area contributed by atoms with Crippen LogP contribution in [0.3, 0.4) is 0 Å². The van der Waals surface area contributed by atoms with Gasteiger partial charge in [-0.3, -0.25) is 4.68 Å².